The zero-order valence-electron chi connectivity index (χ0n) is 10.5. The minimum absolute atomic E-state index is 0.210. The van der Waals surface area contributed by atoms with Crippen LogP contribution in [-0.4, -0.2) is 7.05 Å². The Morgan fingerprint density at radius 3 is 2.26 bits per heavy atom. The zero-order chi connectivity index (χ0) is 13.8. The maximum Gasteiger partial charge on any atom is 0.0465 e. The summed E-state index contributed by atoms with van der Waals surface area (Å²) in [6.07, 6.45) is 0.908. The van der Waals surface area contributed by atoms with E-state index in [0.29, 0.717) is 0 Å². The predicted octanol–water partition coefficient (Wildman–Crippen LogP) is 5.37. The Bertz CT molecular complexity index is 555. The molecule has 4 heteroatoms. The molecule has 0 aliphatic heterocycles. The molecule has 2 aromatic carbocycles. The molecule has 0 radical (unpaired) electrons. The third-order valence-corrected chi connectivity index (χ3v) is 4.39. The number of benzene rings is 2. The normalized spacial score (nSPS) is 12.4. The van der Waals surface area contributed by atoms with E-state index in [1.165, 1.54) is 5.56 Å². The van der Waals surface area contributed by atoms with E-state index in [1.807, 2.05) is 19.2 Å². The smallest absolute Gasteiger partial charge is 0.0465 e. The van der Waals surface area contributed by atoms with Gasteiger partial charge in [-0.15, -0.1) is 0 Å². The summed E-state index contributed by atoms with van der Waals surface area (Å²) < 4.78 is 2.10. The van der Waals surface area contributed by atoms with E-state index in [-0.39, 0.29) is 6.04 Å². The second kappa shape index (κ2) is 6.89. The van der Waals surface area contributed by atoms with Crippen molar-refractivity contribution in [1.82, 2.24) is 5.32 Å². The summed E-state index contributed by atoms with van der Waals surface area (Å²) in [4.78, 5) is 0. The highest BCUT2D eigenvalue weighted by molar-refractivity contribution is 9.10. The summed E-state index contributed by atoms with van der Waals surface area (Å²) in [5.41, 5.74) is 2.40. The van der Waals surface area contributed by atoms with Crippen molar-refractivity contribution in [3.8, 4) is 0 Å². The van der Waals surface area contributed by atoms with E-state index in [1.54, 1.807) is 0 Å². The molecule has 1 atom stereocenters. The molecule has 0 saturated carbocycles. The highest BCUT2D eigenvalue weighted by atomic mass is 79.9. The van der Waals surface area contributed by atoms with Gasteiger partial charge in [0.05, 0.1) is 0 Å². The van der Waals surface area contributed by atoms with Crippen LogP contribution >= 0.6 is 43.5 Å². The molecule has 1 nitrogen and oxygen atoms in total. The van der Waals surface area contributed by atoms with Gasteiger partial charge in [0.2, 0.25) is 0 Å². The molecule has 2 rings (SSSR count). The van der Waals surface area contributed by atoms with Crippen LogP contribution in [-0.2, 0) is 6.42 Å². The fourth-order valence-corrected chi connectivity index (χ4v) is 3.08. The van der Waals surface area contributed by atoms with E-state index in [9.17, 15) is 0 Å². The lowest BCUT2D eigenvalue weighted by Gasteiger charge is -2.18. The van der Waals surface area contributed by atoms with E-state index < -0.39 is 0 Å². The molecule has 0 aromatic heterocycles. The van der Waals surface area contributed by atoms with E-state index in [2.05, 4.69) is 67.5 Å². The van der Waals surface area contributed by atoms with Crippen molar-refractivity contribution in [2.45, 2.75) is 12.5 Å². The molecule has 0 bridgehead atoms. The third kappa shape index (κ3) is 4.06. The Morgan fingerprint density at radius 2 is 1.68 bits per heavy atom. The number of hydrogen-bond acceptors (Lipinski definition) is 1. The van der Waals surface area contributed by atoms with Gasteiger partial charge in [-0.1, -0.05) is 61.7 Å². The molecule has 1 unspecified atom stereocenters. The highest BCUT2D eigenvalue weighted by Gasteiger charge is 2.13. The Balaban J connectivity index is 2.22. The van der Waals surface area contributed by atoms with E-state index in [4.69, 9.17) is 11.6 Å². The standard InChI is InChI=1S/C15H14Br2ClN/c1-19-15(8-10-2-4-11(16)5-3-10)13-7-6-12(17)9-14(13)18/h2-7,9,15,19H,8H2,1H3. The molecule has 0 aliphatic carbocycles. The monoisotopic (exact) mass is 401 g/mol. The van der Waals surface area contributed by atoms with Crippen LogP contribution in [0.15, 0.2) is 51.4 Å². The van der Waals surface area contributed by atoms with Crippen LogP contribution in [0.3, 0.4) is 0 Å². The van der Waals surface area contributed by atoms with Gasteiger partial charge in [-0.2, -0.15) is 0 Å². The fourth-order valence-electron chi connectivity index (χ4n) is 2.01. The largest absolute Gasteiger partial charge is 0.313 e. The van der Waals surface area contributed by atoms with Crippen molar-refractivity contribution in [3.63, 3.8) is 0 Å². The van der Waals surface area contributed by atoms with Crippen LogP contribution in [0.1, 0.15) is 17.2 Å². The Kier molecular flexibility index (Phi) is 5.46. The van der Waals surface area contributed by atoms with Crippen molar-refractivity contribution < 1.29 is 0 Å². The average molecular weight is 404 g/mol. The van der Waals surface area contributed by atoms with Gasteiger partial charge < -0.3 is 5.32 Å². The summed E-state index contributed by atoms with van der Waals surface area (Å²) >= 11 is 13.2. The first-order valence-electron chi connectivity index (χ1n) is 5.97. The van der Waals surface area contributed by atoms with E-state index >= 15 is 0 Å². The number of rotatable bonds is 4. The van der Waals surface area contributed by atoms with Crippen molar-refractivity contribution in [1.29, 1.82) is 0 Å². The van der Waals surface area contributed by atoms with Crippen LogP contribution in [0, 0.1) is 0 Å². The lowest BCUT2D eigenvalue weighted by atomic mass is 9.99. The summed E-state index contributed by atoms with van der Waals surface area (Å²) in [5, 5.41) is 4.11. The molecule has 100 valence electrons. The van der Waals surface area contributed by atoms with Crippen molar-refractivity contribution in [2.24, 2.45) is 0 Å². The van der Waals surface area contributed by atoms with Crippen molar-refractivity contribution >= 4 is 43.5 Å². The second-order valence-electron chi connectivity index (χ2n) is 4.34. The van der Waals surface area contributed by atoms with Gasteiger partial charge in [0.1, 0.15) is 0 Å². The molecule has 0 spiro atoms. The molecule has 0 aliphatic rings. The average Bonchev–Trinajstić information content (AvgIpc) is 2.39. The van der Waals surface area contributed by atoms with Crippen LogP contribution in [0.2, 0.25) is 5.02 Å². The molecule has 0 heterocycles. The van der Waals surface area contributed by atoms with Crippen LogP contribution < -0.4 is 5.32 Å². The van der Waals surface area contributed by atoms with Gasteiger partial charge in [-0.3, -0.25) is 0 Å². The van der Waals surface area contributed by atoms with Gasteiger partial charge in [0, 0.05) is 20.0 Å². The van der Waals surface area contributed by atoms with Gasteiger partial charge in [-0.25, -0.2) is 0 Å². The Labute approximate surface area is 135 Å². The summed E-state index contributed by atoms with van der Waals surface area (Å²) in [6, 6.07) is 14.6. The third-order valence-electron chi connectivity index (χ3n) is 3.04. The SMILES string of the molecule is CNC(Cc1ccc(Br)cc1)c1ccc(Br)cc1Cl. The van der Waals surface area contributed by atoms with E-state index in [0.717, 1.165) is 26.0 Å². The zero-order valence-corrected chi connectivity index (χ0v) is 14.4. The molecular weight excluding hydrogens is 389 g/mol. The van der Waals surface area contributed by atoms with Crippen molar-refractivity contribution in [3.05, 3.63) is 67.6 Å². The Hall–Kier alpha value is -0.350. The number of halogens is 3. The lowest BCUT2D eigenvalue weighted by molar-refractivity contribution is 0.592. The van der Waals surface area contributed by atoms with Crippen molar-refractivity contribution in [2.75, 3.05) is 7.05 Å². The van der Waals surface area contributed by atoms with Gasteiger partial charge in [0.15, 0.2) is 0 Å². The molecule has 0 saturated heterocycles. The second-order valence-corrected chi connectivity index (χ2v) is 6.58. The summed E-state index contributed by atoms with van der Waals surface area (Å²) in [7, 11) is 1.96. The number of nitrogens with one attached hydrogen (secondary N) is 1. The van der Waals surface area contributed by atoms with Gasteiger partial charge in [-0.05, 0) is 48.9 Å². The topological polar surface area (TPSA) is 12.0 Å². The molecule has 2 aromatic rings. The molecule has 0 fully saturated rings. The first kappa shape index (κ1) is 15.0. The van der Waals surface area contributed by atoms with Crippen LogP contribution in [0.25, 0.3) is 0 Å². The molecular formula is C15H14Br2ClN. The number of likely N-dealkylation sites (N-methyl/N-ethyl adjacent to an activating group) is 1. The first-order valence-corrected chi connectivity index (χ1v) is 7.93. The maximum atomic E-state index is 6.32. The minimum Gasteiger partial charge on any atom is -0.313 e. The lowest BCUT2D eigenvalue weighted by Crippen LogP contribution is -2.19. The maximum absolute atomic E-state index is 6.32. The van der Waals surface area contributed by atoms with Crippen LogP contribution in [0.4, 0.5) is 0 Å². The fraction of sp³-hybridized carbons (Fsp3) is 0.200. The van der Waals surface area contributed by atoms with Gasteiger partial charge >= 0.3 is 0 Å². The molecule has 0 amide bonds. The van der Waals surface area contributed by atoms with Gasteiger partial charge in [0.25, 0.3) is 0 Å². The minimum atomic E-state index is 0.210. The predicted molar refractivity (Wildman–Crippen MR) is 88.8 cm³/mol. The quantitative estimate of drug-likeness (QED) is 0.724. The van der Waals surface area contributed by atoms with Crippen LogP contribution in [0.5, 0.6) is 0 Å². The molecule has 1 N–H and O–H groups in total. The first-order chi connectivity index (χ1) is 9.10. The highest BCUT2D eigenvalue weighted by Crippen LogP contribution is 2.28. The number of hydrogen-bond donors (Lipinski definition) is 1. The Morgan fingerprint density at radius 1 is 1.05 bits per heavy atom. The summed E-state index contributed by atoms with van der Waals surface area (Å²) in [5.74, 6) is 0. The molecule has 19 heavy (non-hydrogen) atoms. The summed E-state index contributed by atoms with van der Waals surface area (Å²) in [6.45, 7) is 0.